The number of benzene rings is 1. The van der Waals surface area contributed by atoms with Gasteiger partial charge in [-0.05, 0) is 53.4 Å². The van der Waals surface area contributed by atoms with Gasteiger partial charge in [-0.2, -0.15) is 0 Å². The number of ether oxygens (including phenoxy) is 1. The van der Waals surface area contributed by atoms with Gasteiger partial charge in [0.2, 0.25) is 5.91 Å². The first-order valence-corrected chi connectivity index (χ1v) is 6.71. The fourth-order valence-corrected chi connectivity index (χ4v) is 2.32. The summed E-state index contributed by atoms with van der Waals surface area (Å²) >= 11 is 3.12. The monoisotopic (exact) mass is 315 g/mol. The molecule has 0 unspecified atom stereocenters. The second-order valence-electron chi connectivity index (χ2n) is 4.46. The van der Waals surface area contributed by atoms with Crippen molar-refractivity contribution in [3.05, 3.63) is 28.0 Å². The third-order valence-corrected chi connectivity index (χ3v) is 3.72. The molecule has 1 aliphatic heterocycles. The highest BCUT2D eigenvalue weighted by molar-refractivity contribution is 9.10. The molecule has 1 amide bonds. The van der Waals surface area contributed by atoms with Gasteiger partial charge in [-0.3, -0.25) is 4.79 Å². The molecule has 5 heteroatoms. The molecule has 0 spiro atoms. The lowest BCUT2D eigenvalue weighted by atomic mass is 9.99. The van der Waals surface area contributed by atoms with Crippen LogP contribution in [0.25, 0.3) is 0 Å². The fraction of sp³-hybridized carbons (Fsp3) is 0.462. The number of anilines is 1. The Labute approximate surface area is 114 Å². The van der Waals surface area contributed by atoms with E-state index in [9.17, 15) is 9.18 Å². The zero-order valence-corrected chi connectivity index (χ0v) is 11.7. The highest BCUT2D eigenvalue weighted by Crippen LogP contribution is 2.25. The molecule has 1 aliphatic rings. The van der Waals surface area contributed by atoms with Crippen LogP contribution < -0.4 is 5.32 Å². The topological polar surface area (TPSA) is 38.3 Å². The van der Waals surface area contributed by atoms with Crippen LogP contribution in [0.4, 0.5) is 10.1 Å². The van der Waals surface area contributed by atoms with Gasteiger partial charge in [0.15, 0.2) is 0 Å². The number of hydrogen-bond acceptors (Lipinski definition) is 2. The molecule has 0 aromatic heterocycles. The Morgan fingerprint density at radius 2 is 2.11 bits per heavy atom. The highest BCUT2D eigenvalue weighted by Gasteiger charge is 2.22. The van der Waals surface area contributed by atoms with Gasteiger partial charge in [0, 0.05) is 24.8 Å². The van der Waals surface area contributed by atoms with E-state index in [1.165, 1.54) is 6.07 Å². The van der Waals surface area contributed by atoms with E-state index in [0.29, 0.717) is 23.4 Å². The third-order valence-electron chi connectivity index (χ3n) is 3.12. The Balaban J connectivity index is 2.08. The van der Waals surface area contributed by atoms with Crippen molar-refractivity contribution in [2.24, 2.45) is 5.92 Å². The minimum absolute atomic E-state index is 0.0121. The molecule has 0 saturated carbocycles. The van der Waals surface area contributed by atoms with E-state index in [1.807, 2.05) is 0 Å². The standard InChI is InChI=1S/C13H15BrFNO2/c1-8-6-11(15)10(14)7-12(8)16-13(17)9-2-4-18-5-3-9/h6-7,9H,2-5H2,1H3,(H,16,17). The molecule has 0 aliphatic carbocycles. The van der Waals surface area contributed by atoms with E-state index in [4.69, 9.17) is 4.74 Å². The molecule has 3 nitrogen and oxygen atoms in total. The predicted molar refractivity (Wildman–Crippen MR) is 71.0 cm³/mol. The maximum Gasteiger partial charge on any atom is 0.227 e. The second kappa shape index (κ2) is 5.80. The molecule has 18 heavy (non-hydrogen) atoms. The first kappa shape index (κ1) is 13.5. The van der Waals surface area contributed by atoms with Gasteiger partial charge in [-0.25, -0.2) is 4.39 Å². The van der Waals surface area contributed by atoms with E-state index in [1.54, 1.807) is 13.0 Å². The normalized spacial score (nSPS) is 16.6. The van der Waals surface area contributed by atoms with Crippen molar-refractivity contribution in [3.8, 4) is 0 Å². The Morgan fingerprint density at radius 1 is 1.44 bits per heavy atom. The molecule has 98 valence electrons. The van der Waals surface area contributed by atoms with E-state index in [-0.39, 0.29) is 17.6 Å². The average molecular weight is 316 g/mol. The summed E-state index contributed by atoms with van der Waals surface area (Å²) < 4.78 is 18.9. The average Bonchev–Trinajstić information content (AvgIpc) is 2.37. The summed E-state index contributed by atoms with van der Waals surface area (Å²) in [5.74, 6) is -0.349. The van der Waals surface area contributed by atoms with Gasteiger partial charge in [0.25, 0.3) is 0 Å². The summed E-state index contributed by atoms with van der Waals surface area (Å²) in [4.78, 5) is 12.0. The van der Waals surface area contributed by atoms with Crippen molar-refractivity contribution >= 4 is 27.5 Å². The van der Waals surface area contributed by atoms with Crippen molar-refractivity contribution in [2.45, 2.75) is 19.8 Å². The van der Waals surface area contributed by atoms with Gasteiger partial charge in [0.1, 0.15) is 5.82 Å². The summed E-state index contributed by atoms with van der Waals surface area (Å²) in [6, 6.07) is 3.01. The number of rotatable bonds is 2. The largest absolute Gasteiger partial charge is 0.381 e. The molecular formula is C13H15BrFNO2. The van der Waals surface area contributed by atoms with Crippen molar-refractivity contribution < 1.29 is 13.9 Å². The van der Waals surface area contributed by atoms with Crippen molar-refractivity contribution in [3.63, 3.8) is 0 Å². The fourth-order valence-electron chi connectivity index (χ4n) is 1.98. The van der Waals surface area contributed by atoms with Crippen LogP contribution in [-0.2, 0) is 9.53 Å². The first-order valence-electron chi connectivity index (χ1n) is 5.92. The molecule has 1 N–H and O–H groups in total. The number of carbonyl (C=O) groups excluding carboxylic acids is 1. The van der Waals surface area contributed by atoms with Gasteiger partial charge < -0.3 is 10.1 Å². The molecule has 0 radical (unpaired) electrons. The molecule has 0 atom stereocenters. The lowest BCUT2D eigenvalue weighted by molar-refractivity contribution is -0.122. The summed E-state index contributed by atoms with van der Waals surface area (Å²) in [6.07, 6.45) is 1.49. The summed E-state index contributed by atoms with van der Waals surface area (Å²) in [7, 11) is 0. The summed E-state index contributed by atoms with van der Waals surface area (Å²) in [5.41, 5.74) is 1.37. The zero-order valence-electron chi connectivity index (χ0n) is 10.1. The van der Waals surface area contributed by atoms with Gasteiger partial charge >= 0.3 is 0 Å². The maximum absolute atomic E-state index is 13.3. The molecule has 1 fully saturated rings. The van der Waals surface area contributed by atoms with Crippen LogP contribution in [0.2, 0.25) is 0 Å². The molecule has 1 aromatic rings. The van der Waals surface area contributed by atoms with Gasteiger partial charge in [-0.15, -0.1) is 0 Å². The molecule has 1 heterocycles. The minimum atomic E-state index is -0.323. The SMILES string of the molecule is Cc1cc(F)c(Br)cc1NC(=O)C1CCOCC1. The van der Waals surface area contributed by atoms with E-state index >= 15 is 0 Å². The van der Waals surface area contributed by atoms with Crippen LogP contribution in [0, 0.1) is 18.7 Å². The summed E-state index contributed by atoms with van der Waals surface area (Å²) in [5, 5.41) is 2.86. The second-order valence-corrected chi connectivity index (χ2v) is 5.31. The van der Waals surface area contributed by atoms with Crippen LogP contribution in [0.5, 0.6) is 0 Å². The minimum Gasteiger partial charge on any atom is -0.381 e. The lowest BCUT2D eigenvalue weighted by Crippen LogP contribution is -2.28. The smallest absolute Gasteiger partial charge is 0.227 e. The van der Waals surface area contributed by atoms with Crippen molar-refractivity contribution in [1.82, 2.24) is 0 Å². The Bertz CT molecular complexity index is 459. The van der Waals surface area contributed by atoms with E-state index in [0.717, 1.165) is 18.4 Å². The van der Waals surface area contributed by atoms with Crippen LogP contribution in [0.1, 0.15) is 18.4 Å². The predicted octanol–water partition coefficient (Wildman–Crippen LogP) is 3.26. The number of hydrogen-bond donors (Lipinski definition) is 1. The molecule has 2 rings (SSSR count). The van der Waals surface area contributed by atoms with Crippen LogP contribution in [0.15, 0.2) is 16.6 Å². The number of aryl methyl sites for hydroxylation is 1. The van der Waals surface area contributed by atoms with Gasteiger partial charge in [0.05, 0.1) is 4.47 Å². The highest BCUT2D eigenvalue weighted by atomic mass is 79.9. The van der Waals surface area contributed by atoms with Crippen LogP contribution in [0.3, 0.4) is 0 Å². The molecular weight excluding hydrogens is 301 g/mol. The van der Waals surface area contributed by atoms with E-state index < -0.39 is 0 Å². The maximum atomic E-state index is 13.3. The zero-order chi connectivity index (χ0) is 13.1. The van der Waals surface area contributed by atoms with E-state index in [2.05, 4.69) is 21.2 Å². The quantitative estimate of drug-likeness (QED) is 0.909. The number of amides is 1. The first-order chi connectivity index (χ1) is 8.58. The van der Waals surface area contributed by atoms with Crippen molar-refractivity contribution in [1.29, 1.82) is 0 Å². The number of halogens is 2. The summed E-state index contributed by atoms with van der Waals surface area (Å²) in [6.45, 7) is 3.03. The van der Waals surface area contributed by atoms with Crippen LogP contribution in [-0.4, -0.2) is 19.1 Å². The third kappa shape index (κ3) is 3.09. The van der Waals surface area contributed by atoms with Crippen LogP contribution >= 0.6 is 15.9 Å². The molecule has 1 aromatic carbocycles. The van der Waals surface area contributed by atoms with Crippen molar-refractivity contribution in [2.75, 3.05) is 18.5 Å². The van der Waals surface area contributed by atoms with Gasteiger partial charge in [-0.1, -0.05) is 0 Å². The Kier molecular flexibility index (Phi) is 4.35. The number of nitrogens with one attached hydrogen (secondary N) is 1. The lowest BCUT2D eigenvalue weighted by Gasteiger charge is -2.21. The Hall–Kier alpha value is -0.940. The Morgan fingerprint density at radius 3 is 2.78 bits per heavy atom. The number of carbonyl (C=O) groups is 1. The molecule has 1 saturated heterocycles. The molecule has 0 bridgehead atoms.